The topological polar surface area (TPSA) is 35.8 Å². The van der Waals surface area contributed by atoms with E-state index in [-0.39, 0.29) is 11.9 Å². The summed E-state index contributed by atoms with van der Waals surface area (Å²) in [6, 6.07) is 13.5. The van der Waals surface area contributed by atoms with Crippen LogP contribution in [0.5, 0.6) is 0 Å². The molecule has 0 heterocycles. The first kappa shape index (κ1) is 13.4. The molecule has 2 nitrogen and oxygen atoms in total. The van der Waals surface area contributed by atoms with Crippen molar-refractivity contribution in [1.82, 2.24) is 0 Å². The highest BCUT2D eigenvalue weighted by molar-refractivity contribution is 6.31. The van der Waals surface area contributed by atoms with Crippen LogP contribution < -0.4 is 5.32 Å². The normalized spacial score (nSPS) is 11.7. The standard InChI is InChI=1S/C15H12ClFN2/c1-10(13-4-2-3-5-15(13)17)19-12-6-7-14(16)11(8-12)9-18/h2-8,10,19H,1H3. The average Bonchev–Trinajstić information content (AvgIpc) is 2.41. The lowest BCUT2D eigenvalue weighted by molar-refractivity contribution is 0.600. The zero-order valence-electron chi connectivity index (χ0n) is 10.3. The summed E-state index contributed by atoms with van der Waals surface area (Å²) in [7, 11) is 0. The number of benzene rings is 2. The molecule has 0 aliphatic carbocycles. The van der Waals surface area contributed by atoms with Crippen molar-refractivity contribution in [3.8, 4) is 6.07 Å². The van der Waals surface area contributed by atoms with Crippen molar-refractivity contribution in [1.29, 1.82) is 5.26 Å². The number of anilines is 1. The Kier molecular flexibility index (Phi) is 4.03. The number of nitrogens with one attached hydrogen (secondary N) is 1. The molecule has 19 heavy (non-hydrogen) atoms. The van der Waals surface area contributed by atoms with Crippen LogP contribution in [0.1, 0.15) is 24.1 Å². The lowest BCUT2D eigenvalue weighted by Crippen LogP contribution is -2.08. The Labute approximate surface area is 116 Å². The fourth-order valence-electron chi connectivity index (χ4n) is 1.85. The maximum atomic E-state index is 13.6. The van der Waals surface area contributed by atoms with Gasteiger partial charge in [-0.25, -0.2) is 4.39 Å². The molecule has 0 saturated carbocycles. The van der Waals surface area contributed by atoms with Gasteiger partial charge in [0.2, 0.25) is 0 Å². The number of hydrogen-bond acceptors (Lipinski definition) is 2. The van der Waals surface area contributed by atoms with E-state index < -0.39 is 0 Å². The van der Waals surface area contributed by atoms with Gasteiger partial charge in [-0.1, -0.05) is 29.8 Å². The molecular formula is C15H12ClFN2. The van der Waals surface area contributed by atoms with Crippen LogP contribution in [0.3, 0.4) is 0 Å². The monoisotopic (exact) mass is 274 g/mol. The SMILES string of the molecule is CC(Nc1ccc(Cl)c(C#N)c1)c1ccccc1F. The third-order valence-corrected chi connectivity index (χ3v) is 3.17. The van der Waals surface area contributed by atoms with Crippen molar-refractivity contribution in [3.63, 3.8) is 0 Å². The van der Waals surface area contributed by atoms with Gasteiger partial charge in [0.25, 0.3) is 0 Å². The molecule has 96 valence electrons. The van der Waals surface area contributed by atoms with Crippen LogP contribution in [0, 0.1) is 17.1 Å². The molecule has 1 unspecified atom stereocenters. The molecule has 0 bridgehead atoms. The molecule has 0 fully saturated rings. The predicted molar refractivity (Wildman–Crippen MR) is 74.6 cm³/mol. The van der Waals surface area contributed by atoms with Gasteiger partial charge >= 0.3 is 0 Å². The molecule has 0 amide bonds. The molecule has 0 radical (unpaired) electrons. The number of rotatable bonds is 3. The molecule has 0 aliphatic heterocycles. The minimum atomic E-state index is -0.253. The Balaban J connectivity index is 2.22. The van der Waals surface area contributed by atoms with E-state index in [0.717, 1.165) is 5.69 Å². The van der Waals surface area contributed by atoms with E-state index >= 15 is 0 Å². The van der Waals surface area contributed by atoms with Crippen LogP contribution in [0.15, 0.2) is 42.5 Å². The van der Waals surface area contributed by atoms with E-state index in [1.807, 2.05) is 13.0 Å². The number of nitriles is 1. The highest BCUT2D eigenvalue weighted by Gasteiger charge is 2.10. The van der Waals surface area contributed by atoms with Crippen molar-refractivity contribution in [3.05, 3.63) is 64.4 Å². The summed E-state index contributed by atoms with van der Waals surface area (Å²) in [6.45, 7) is 1.86. The minimum Gasteiger partial charge on any atom is -0.378 e. The molecule has 0 aliphatic rings. The van der Waals surface area contributed by atoms with Gasteiger partial charge in [0.15, 0.2) is 0 Å². The van der Waals surface area contributed by atoms with E-state index in [2.05, 4.69) is 5.32 Å². The molecular weight excluding hydrogens is 263 g/mol. The number of nitrogens with zero attached hydrogens (tertiary/aromatic N) is 1. The Hall–Kier alpha value is -2.05. The molecule has 2 aromatic rings. The van der Waals surface area contributed by atoms with Crippen LogP contribution in [-0.4, -0.2) is 0 Å². The van der Waals surface area contributed by atoms with Gasteiger partial charge in [-0.15, -0.1) is 0 Å². The highest BCUT2D eigenvalue weighted by Crippen LogP contribution is 2.24. The van der Waals surface area contributed by atoms with Crippen molar-refractivity contribution < 1.29 is 4.39 Å². The first-order chi connectivity index (χ1) is 9.11. The van der Waals surface area contributed by atoms with Crippen molar-refractivity contribution in [2.75, 3.05) is 5.32 Å². The van der Waals surface area contributed by atoms with Gasteiger partial charge < -0.3 is 5.32 Å². The summed E-state index contributed by atoms with van der Waals surface area (Å²) in [5.41, 5.74) is 1.71. The molecule has 2 aromatic carbocycles. The van der Waals surface area contributed by atoms with Crippen LogP contribution in [0.25, 0.3) is 0 Å². The first-order valence-electron chi connectivity index (χ1n) is 5.82. The van der Waals surface area contributed by atoms with Crippen molar-refractivity contribution in [2.45, 2.75) is 13.0 Å². The lowest BCUT2D eigenvalue weighted by Gasteiger charge is -2.16. The number of hydrogen-bond donors (Lipinski definition) is 1. The fraction of sp³-hybridized carbons (Fsp3) is 0.133. The van der Waals surface area contributed by atoms with Gasteiger partial charge in [0.1, 0.15) is 11.9 Å². The van der Waals surface area contributed by atoms with Gasteiger partial charge in [0, 0.05) is 11.3 Å². The van der Waals surface area contributed by atoms with Crippen LogP contribution >= 0.6 is 11.6 Å². The number of halogens is 2. The maximum absolute atomic E-state index is 13.6. The van der Waals surface area contributed by atoms with E-state index in [1.165, 1.54) is 6.07 Å². The summed E-state index contributed by atoms with van der Waals surface area (Å²) in [6.07, 6.45) is 0. The fourth-order valence-corrected chi connectivity index (χ4v) is 2.01. The highest BCUT2D eigenvalue weighted by atomic mass is 35.5. The maximum Gasteiger partial charge on any atom is 0.128 e. The quantitative estimate of drug-likeness (QED) is 0.893. The molecule has 1 N–H and O–H groups in total. The van der Waals surface area contributed by atoms with E-state index in [4.69, 9.17) is 16.9 Å². The van der Waals surface area contributed by atoms with Crippen LogP contribution in [-0.2, 0) is 0 Å². The Morgan fingerprint density at radius 3 is 2.68 bits per heavy atom. The lowest BCUT2D eigenvalue weighted by atomic mass is 10.1. The zero-order chi connectivity index (χ0) is 13.8. The Bertz CT molecular complexity index is 634. The van der Waals surface area contributed by atoms with Crippen molar-refractivity contribution >= 4 is 17.3 Å². The summed E-state index contributed by atoms with van der Waals surface area (Å²) < 4.78 is 13.6. The van der Waals surface area contributed by atoms with Gasteiger partial charge in [-0.3, -0.25) is 0 Å². The second kappa shape index (κ2) is 5.73. The van der Waals surface area contributed by atoms with E-state index in [9.17, 15) is 4.39 Å². The average molecular weight is 275 g/mol. The summed E-state index contributed by atoms with van der Waals surface area (Å²) in [5, 5.41) is 12.5. The first-order valence-corrected chi connectivity index (χ1v) is 6.20. The second-order valence-corrected chi connectivity index (χ2v) is 4.60. The molecule has 4 heteroatoms. The van der Waals surface area contributed by atoms with Gasteiger partial charge in [-0.05, 0) is 31.2 Å². The van der Waals surface area contributed by atoms with Gasteiger partial charge in [0.05, 0.1) is 16.6 Å². The Morgan fingerprint density at radius 1 is 1.26 bits per heavy atom. The molecule has 0 spiro atoms. The minimum absolute atomic E-state index is 0.200. The second-order valence-electron chi connectivity index (χ2n) is 4.19. The predicted octanol–water partition coefficient (Wildman–Crippen LogP) is 4.52. The molecule has 2 rings (SSSR count). The van der Waals surface area contributed by atoms with Crippen molar-refractivity contribution in [2.24, 2.45) is 0 Å². The zero-order valence-corrected chi connectivity index (χ0v) is 11.1. The van der Waals surface area contributed by atoms with Gasteiger partial charge in [-0.2, -0.15) is 5.26 Å². The van der Waals surface area contributed by atoms with Crippen LogP contribution in [0.4, 0.5) is 10.1 Å². The third-order valence-electron chi connectivity index (χ3n) is 2.84. The molecule has 0 saturated heterocycles. The largest absolute Gasteiger partial charge is 0.378 e. The summed E-state index contributed by atoms with van der Waals surface area (Å²) in [4.78, 5) is 0. The third kappa shape index (κ3) is 3.04. The van der Waals surface area contributed by atoms with E-state index in [1.54, 1.807) is 36.4 Å². The molecule has 0 aromatic heterocycles. The summed E-state index contributed by atoms with van der Waals surface area (Å²) >= 11 is 5.86. The van der Waals surface area contributed by atoms with Crippen LogP contribution in [0.2, 0.25) is 5.02 Å². The summed E-state index contributed by atoms with van der Waals surface area (Å²) in [5.74, 6) is -0.253. The van der Waals surface area contributed by atoms with E-state index in [0.29, 0.717) is 16.1 Å². The Morgan fingerprint density at radius 2 is 2.00 bits per heavy atom. The smallest absolute Gasteiger partial charge is 0.128 e. The molecule has 1 atom stereocenters.